The van der Waals surface area contributed by atoms with Gasteiger partial charge in [-0.3, -0.25) is 14.4 Å². The van der Waals surface area contributed by atoms with Gasteiger partial charge < -0.3 is 20.1 Å². The van der Waals surface area contributed by atoms with Crippen LogP contribution in [0, 0.1) is 6.92 Å². The van der Waals surface area contributed by atoms with Crippen molar-refractivity contribution in [2.24, 2.45) is 5.10 Å². The highest BCUT2D eigenvalue weighted by atomic mass is 16.5. The van der Waals surface area contributed by atoms with Crippen molar-refractivity contribution in [1.82, 2.24) is 5.43 Å². The van der Waals surface area contributed by atoms with Gasteiger partial charge in [-0.25, -0.2) is 5.43 Å². The van der Waals surface area contributed by atoms with Gasteiger partial charge in [0.1, 0.15) is 11.5 Å². The fraction of sp³-hybridized carbons (Fsp3) is 0.185. The van der Waals surface area contributed by atoms with E-state index in [1.165, 1.54) is 6.21 Å². The molecule has 0 aliphatic heterocycles. The lowest BCUT2D eigenvalue weighted by molar-refractivity contribution is -0.136. The van der Waals surface area contributed by atoms with Crippen LogP contribution in [0.2, 0.25) is 0 Å². The number of carbonyl (C=O) groups is 3. The zero-order chi connectivity index (χ0) is 25.8. The van der Waals surface area contributed by atoms with E-state index in [1.54, 1.807) is 54.6 Å². The summed E-state index contributed by atoms with van der Waals surface area (Å²) < 4.78 is 11.0. The van der Waals surface area contributed by atoms with Crippen molar-refractivity contribution in [3.8, 4) is 11.5 Å². The molecule has 0 spiro atoms. The largest absolute Gasteiger partial charge is 0.494 e. The molecule has 0 aromatic heterocycles. The summed E-state index contributed by atoms with van der Waals surface area (Å²) in [5, 5.41) is 9.08. The fourth-order valence-electron chi connectivity index (χ4n) is 3.01. The van der Waals surface area contributed by atoms with E-state index in [4.69, 9.17) is 9.47 Å². The summed E-state index contributed by atoms with van der Waals surface area (Å²) in [6.45, 7) is 4.38. The van der Waals surface area contributed by atoms with Gasteiger partial charge in [-0.05, 0) is 73.0 Å². The first-order valence-electron chi connectivity index (χ1n) is 11.4. The third kappa shape index (κ3) is 8.60. The molecule has 9 heteroatoms. The van der Waals surface area contributed by atoms with E-state index in [1.807, 2.05) is 32.0 Å². The van der Waals surface area contributed by atoms with Crippen LogP contribution in [0.15, 0.2) is 77.9 Å². The Bertz CT molecular complexity index is 1220. The predicted molar refractivity (Wildman–Crippen MR) is 138 cm³/mol. The average Bonchev–Trinajstić information content (AvgIpc) is 2.87. The predicted octanol–water partition coefficient (Wildman–Crippen LogP) is 3.89. The molecule has 0 heterocycles. The molecule has 0 bridgehead atoms. The third-order valence-corrected chi connectivity index (χ3v) is 4.70. The lowest BCUT2D eigenvalue weighted by Crippen LogP contribution is -2.32. The second kappa shape index (κ2) is 13.3. The van der Waals surface area contributed by atoms with Crippen molar-refractivity contribution in [3.63, 3.8) is 0 Å². The number of anilines is 2. The molecule has 36 heavy (non-hydrogen) atoms. The summed E-state index contributed by atoms with van der Waals surface area (Å²) in [5.74, 6) is -0.930. The van der Waals surface area contributed by atoms with Gasteiger partial charge in [0.05, 0.1) is 12.8 Å². The molecular weight excluding hydrogens is 460 g/mol. The Morgan fingerprint density at radius 3 is 2.36 bits per heavy atom. The summed E-state index contributed by atoms with van der Waals surface area (Å²) >= 11 is 0. The first-order valence-corrected chi connectivity index (χ1v) is 11.4. The second-order valence-electron chi connectivity index (χ2n) is 7.80. The number of hydrogen-bond donors (Lipinski definition) is 3. The Balaban J connectivity index is 1.45. The van der Waals surface area contributed by atoms with Crippen molar-refractivity contribution < 1.29 is 23.9 Å². The quantitative estimate of drug-likeness (QED) is 0.227. The van der Waals surface area contributed by atoms with Crippen LogP contribution < -0.4 is 25.5 Å². The van der Waals surface area contributed by atoms with Crippen molar-refractivity contribution in [1.29, 1.82) is 0 Å². The van der Waals surface area contributed by atoms with E-state index in [0.29, 0.717) is 35.0 Å². The minimum atomic E-state index is -0.919. The molecule has 0 fully saturated rings. The average molecular weight is 489 g/mol. The molecular formula is C27H28N4O5. The van der Waals surface area contributed by atoms with Gasteiger partial charge in [-0.2, -0.15) is 5.10 Å². The number of rotatable bonds is 10. The Labute approximate surface area is 209 Å². The van der Waals surface area contributed by atoms with Crippen LogP contribution in [0.25, 0.3) is 0 Å². The molecule has 0 aliphatic rings. The molecule has 0 unspecified atom stereocenters. The van der Waals surface area contributed by atoms with Crippen molar-refractivity contribution >= 4 is 35.3 Å². The van der Waals surface area contributed by atoms with Gasteiger partial charge in [0, 0.05) is 11.4 Å². The highest BCUT2D eigenvalue weighted by Gasteiger charge is 2.13. The van der Waals surface area contributed by atoms with Crippen LogP contribution in [0.3, 0.4) is 0 Å². The van der Waals surface area contributed by atoms with E-state index in [9.17, 15) is 14.4 Å². The maximum absolute atomic E-state index is 12.1. The van der Waals surface area contributed by atoms with Crippen molar-refractivity contribution in [2.45, 2.75) is 20.3 Å². The lowest BCUT2D eigenvalue weighted by Gasteiger charge is -2.08. The maximum atomic E-state index is 12.1. The van der Waals surface area contributed by atoms with Crippen LogP contribution in [-0.4, -0.2) is 37.1 Å². The normalized spacial score (nSPS) is 10.5. The van der Waals surface area contributed by atoms with E-state index in [0.717, 1.165) is 12.0 Å². The number of hydrazone groups is 1. The number of carbonyl (C=O) groups excluding carboxylic acids is 3. The number of ether oxygens (including phenoxy) is 2. The standard InChI is InChI=1S/C27H28N4O5/c1-3-14-35-23-12-10-21(11-13-23)30-26(33)27(34)31-28-17-20-7-5-9-24(16-20)36-18-25(32)29-22-8-4-6-19(2)15-22/h4-13,15-17H,3,14,18H2,1-2H3,(H,29,32)(H,30,33)(H,31,34)/b28-17-. The van der Waals surface area contributed by atoms with Gasteiger partial charge in [0.2, 0.25) is 0 Å². The monoisotopic (exact) mass is 488 g/mol. The fourth-order valence-corrected chi connectivity index (χ4v) is 3.01. The van der Waals surface area contributed by atoms with Crippen molar-refractivity contribution in [2.75, 3.05) is 23.8 Å². The molecule has 0 aliphatic carbocycles. The summed E-state index contributed by atoms with van der Waals surface area (Å²) in [5.41, 5.74) is 4.98. The Hall–Kier alpha value is -4.66. The molecule has 9 nitrogen and oxygen atoms in total. The number of nitrogens with zero attached hydrogens (tertiary/aromatic N) is 1. The van der Waals surface area contributed by atoms with Crippen LogP contribution in [-0.2, 0) is 14.4 Å². The summed E-state index contributed by atoms with van der Waals surface area (Å²) in [7, 11) is 0. The zero-order valence-electron chi connectivity index (χ0n) is 20.1. The molecule has 0 atom stereocenters. The van der Waals surface area contributed by atoms with Gasteiger partial charge in [0.15, 0.2) is 6.61 Å². The molecule has 3 aromatic carbocycles. The van der Waals surface area contributed by atoms with Crippen molar-refractivity contribution in [3.05, 3.63) is 83.9 Å². The molecule has 3 aromatic rings. The minimum absolute atomic E-state index is 0.169. The minimum Gasteiger partial charge on any atom is -0.494 e. The van der Waals surface area contributed by atoms with E-state index in [2.05, 4.69) is 21.2 Å². The van der Waals surface area contributed by atoms with Gasteiger partial charge in [-0.15, -0.1) is 0 Å². The topological polar surface area (TPSA) is 118 Å². The summed E-state index contributed by atoms with van der Waals surface area (Å²) in [6, 6.07) is 21.0. The number of benzene rings is 3. The molecule has 0 saturated heterocycles. The molecule has 3 amide bonds. The van der Waals surface area contributed by atoms with Crippen LogP contribution in [0.1, 0.15) is 24.5 Å². The molecule has 3 rings (SSSR count). The Kier molecular flexibility index (Phi) is 9.58. The van der Waals surface area contributed by atoms with Crippen LogP contribution in [0.5, 0.6) is 11.5 Å². The Morgan fingerprint density at radius 1 is 0.833 bits per heavy atom. The van der Waals surface area contributed by atoms with E-state index >= 15 is 0 Å². The lowest BCUT2D eigenvalue weighted by atomic mass is 10.2. The first-order chi connectivity index (χ1) is 17.4. The molecule has 0 saturated carbocycles. The van der Waals surface area contributed by atoms with Gasteiger partial charge in [0.25, 0.3) is 5.91 Å². The molecule has 186 valence electrons. The zero-order valence-corrected chi connectivity index (χ0v) is 20.1. The van der Waals surface area contributed by atoms with Gasteiger partial charge in [-0.1, -0.05) is 31.2 Å². The molecule has 0 radical (unpaired) electrons. The van der Waals surface area contributed by atoms with E-state index < -0.39 is 11.8 Å². The maximum Gasteiger partial charge on any atom is 0.329 e. The highest BCUT2D eigenvalue weighted by Crippen LogP contribution is 2.16. The van der Waals surface area contributed by atoms with E-state index in [-0.39, 0.29) is 12.5 Å². The first kappa shape index (κ1) is 26.0. The molecule has 3 N–H and O–H groups in total. The summed E-state index contributed by atoms with van der Waals surface area (Å²) in [4.78, 5) is 36.2. The number of hydrogen-bond acceptors (Lipinski definition) is 6. The smallest absolute Gasteiger partial charge is 0.329 e. The highest BCUT2D eigenvalue weighted by molar-refractivity contribution is 6.39. The Morgan fingerprint density at radius 2 is 1.61 bits per heavy atom. The summed E-state index contributed by atoms with van der Waals surface area (Å²) in [6.07, 6.45) is 2.26. The number of nitrogens with one attached hydrogen (secondary N) is 3. The van der Waals surface area contributed by atoms with Crippen LogP contribution >= 0.6 is 0 Å². The number of amides is 3. The second-order valence-corrected chi connectivity index (χ2v) is 7.80. The van der Waals surface area contributed by atoms with Crippen LogP contribution in [0.4, 0.5) is 11.4 Å². The van der Waals surface area contributed by atoms with Gasteiger partial charge >= 0.3 is 11.8 Å². The third-order valence-electron chi connectivity index (χ3n) is 4.70. The SMILES string of the molecule is CCCOc1ccc(NC(=O)C(=O)N/N=C\c2cccc(OCC(=O)Nc3cccc(C)c3)c2)cc1. The number of aryl methyl sites for hydroxylation is 1.